The first-order valence-electron chi connectivity index (χ1n) is 11.0. The van der Waals surface area contributed by atoms with Crippen LogP contribution in [0.2, 0.25) is 0 Å². The minimum Gasteiger partial charge on any atom is -0.493 e. The highest BCUT2D eigenvalue weighted by atomic mass is 16.5. The summed E-state index contributed by atoms with van der Waals surface area (Å²) in [6, 6.07) is 23.8. The Bertz CT molecular complexity index is 1080. The highest BCUT2D eigenvalue weighted by molar-refractivity contribution is 5.93. The summed E-state index contributed by atoms with van der Waals surface area (Å²) in [4.78, 5) is 11.8. The smallest absolute Gasteiger partial charge is 0.337 e. The number of carbonyl (C=O) groups is 1. The number of methoxy groups -OCH3 is 2. The molecule has 0 bridgehead atoms. The predicted octanol–water partition coefficient (Wildman–Crippen LogP) is 6.39. The average molecular weight is 429 g/mol. The zero-order valence-electron chi connectivity index (χ0n) is 18.5. The molecule has 0 unspecified atom stereocenters. The Morgan fingerprint density at radius 1 is 0.812 bits per heavy atom. The standard InChI is InChI=1S/C28H28O4/c1-30-26-17-16-23(19-27(26)32-24-10-6-7-11-24)25(21-8-4-3-5-9-21)18-20-12-14-22(15-13-20)28(29)31-2/h3-5,8-9,12-19,24H,6-7,10-11H2,1-2H3/b25-18+. The molecular formula is C28H28O4. The molecule has 0 spiro atoms. The highest BCUT2D eigenvalue weighted by Gasteiger charge is 2.19. The first-order chi connectivity index (χ1) is 15.7. The molecule has 3 aromatic rings. The zero-order chi connectivity index (χ0) is 22.3. The van der Waals surface area contributed by atoms with Gasteiger partial charge in [-0.25, -0.2) is 4.79 Å². The lowest BCUT2D eigenvalue weighted by Crippen LogP contribution is -2.11. The van der Waals surface area contributed by atoms with Crippen molar-refractivity contribution in [2.45, 2.75) is 31.8 Å². The zero-order valence-corrected chi connectivity index (χ0v) is 18.5. The van der Waals surface area contributed by atoms with Gasteiger partial charge in [-0.15, -0.1) is 0 Å². The lowest BCUT2D eigenvalue weighted by molar-refractivity contribution is 0.0600. The van der Waals surface area contributed by atoms with Crippen molar-refractivity contribution in [1.29, 1.82) is 0 Å². The molecule has 0 heterocycles. The summed E-state index contributed by atoms with van der Waals surface area (Å²) in [7, 11) is 3.06. The van der Waals surface area contributed by atoms with Crippen molar-refractivity contribution < 1.29 is 19.0 Å². The second kappa shape index (κ2) is 10.2. The second-order valence-corrected chi connectivity index (χ2v) is 7.93. The molecule has 0 aromatic heterocycles. The molecule has 164 valence electrons. The third-order valence-corrected chi connectivity index (χ3v) is 5.80. The minimum absolute atomic E-state index is 0.245. The quantitative estimate of drug-likeness (QED) is 0.323. The Balaban J connectivity index is 1.74. The summed E-state index contributed by atoms with van der Waals surface area (Å²) in [5, 5.41) is 0. The van der Waals surface area contributed by atoms with Crippen LogP contribution in [0.1, 0.15) is 52.7 Å². The molecule has 1 aliphatic carbocycles. The molecule has 1 saturated carbocycles. The number of ether oxygens (including phenoxy) is 3. The summed E-state index contributed by atoms with van der Waals surface area (Å²) in [5.41, 5.74) is 4.73. The number of benzene rings is 3. The Labute approximate surface area is 189 Å². The summed E-state index contributed by atoms with van der Waals surface area (Å²) >= 11 is 0. The Hall–Kier alpha value is -3.53. The van der Waals surface area contributed by atoms with Crippen molar-refractivity contribution in [2.24, 2.45) is 0 Å². The molecule has 32 heavy (non-hydrogen) atoms. The van der Waals surface area contributed by atoms with Crippen molar-refractivity contribution in [3.05, 3.63) is 95.1 Å². The monoisotopic (exact) mass is 428 g/mol. The third-order valence-electron chi connectivity index (χ3n) is 5.80. The van der Waals surface area contributed by atoms with Gasteiger partial charge in [-0.2, -0.15) is 0 Å². The molecule has 0 aliphatic heterocycles. The van der Waals surface area contributed by atoms with Crippen molar-refractivity contribution in [3.63, 3.8) is 0 Å². The molecule has 3 aromatic carbocycles. The van der Waals surface area contributed by atoms with Crippen LogP contribution >= 0.6 is 0 Å². The molecule has 1 aliphatic rings. The molecule has 0 saturated heterocycles. The van der Waals surface area contributed by atoms with E-state index in [4.69, 9.17) is 14.2 Å². The molecule has 4 heteroatoms. The fourth-order valence-corrected chi connectivity index (χ4v) is 4.07. The second-order valence-electron chi connectivity index (χ2n) is 7.93. The summed E-state index contributed by atoms with van der Waals surface area (Å²) in [6.07, 6.45) is 6.96. The maximum atomic E-state index is 11.8. The van der Waals surface area contributed by atoms with E-state index in [2.05, 4.69) is 30.3 Å². The number of carbonyl (C=O) groups excluding carboxylic acids is 1. The fraction of sp³-hybridized carbons (Fsp3) is 0.250. The molecule has 4 nitrogen and oxygen atoms in total. The summed E-state index contributed by atoms with van der Waals surface area (Å²) in [6.45, 7) is 0. The Morgan fingerprint density at radius 3 is 2.16 bits per heavy atom. The first kappa shape index (κ1) is 21.7. The SMILES string of the molecule is COC(=O)c1ccc(/C=C(\c2ccccc2)c2ccc(OC)c(OC3CCCC3)c2)cc1. The van der Waals surface area contributed by atoms with E-state index < -0.39 is 0 Å². The summed E-state index contributed by atoms with van der Waals surface area (Å²) in [5.74, 6) is 1.18. The molecule has 0 radical (unpaired) electrons. The van der Waals surface area contributed by atoms with Gasteiger partial charge >= 0.3 is 5.97 Å². The van der Waals surface area contributed by atoms with E-state index in [1.165, 1.54) is 20.0 Å². The topological polar surface area (TPSA) is 44.8 Å². The average Bonchev–Trinajstić information content (AvgIpc) is 3.36. The van der Waals surface area contributed by atoms with E-state index in [1.54, 1.807) is 19.2 Å². The molecule has 0 N–H and O–H groups in total. The van der Waals surface area contributed by atoms with Crippen LogP contribution in [0.25, 0.3) is 11.6 Å². The summed E-state index contributed by atoms with van der Waals surface area (Å²) < 4.78 is 16.7. The number of hydrogen-bond donors (Lipinski definition) is 0. The van der Waals surface area contributed by atoms with Gasteiger partial charge in [-0.1, -0.05) is 48.5 Å². The van der Waals surface area contributed by atoms with Crippen LogP contribution in [0.5, 0.6) is 11.5 Å². The van der Waals surface area contributed by atoms with E-state index in [9.17, 15) is 4.79 Å². The third kappa shape index (κ3) is 5.02. The normalized spacial score (nSPS) is 14.2. The van der Waals surface area contributed by atoms with E-state index in [1.807, 2.05) is 36.4 Å². The van der Waals surface area contributed by atoms with Gasteiger partial charge in [0.15, 0.2) is 11.5 Å². The van der Waals surface area contributed by atoms with E-state index in [0.717, 1.165) is 46.6 Å². The van der Waals surface area contributed by atoms with Gasteiger partial charge in [0.05, 0.1) is 25.9 Å². The highest BCUT2D eigenvalue weighted by Crippen LogP contribution is 2.36. The van der Waals surface area contributed by atoms with Gasteiger partial charge in [-0.05, 0) is 78.3 Å². The fourth-order valence-electron chi connectivity index (χ4n) is 4.07. The van der Waals surface area contributed by atoms with Gasteiger partial charge in [0.2, 0.25) is 0 Å². The molecule has 0 amide bonds. The minimum atomic E-state index is -0.340. The van der Waals surface area contributed by atoms with Crippen molar-refractivity contribution in [2.75, 3.05) is 14.2 Å². The van der Waals surface area contributed by atoms with Gasteiger partial charge in [0.25, 0.3) is 0 Å². The van der Waals surface area contributed by atoms with Crippen molar-refractivity contribution >= 4 is 17.6 Å². The lowest BCUT2D eigenvalue weighted by Gasteiger charge is -2.18. The predicted molar refractivity (Wildman–Crippen MR) is 127 cm³/mol. The largest absolute Gasteiger partial charge is 0.493 e. The van der Waals surface area contributed by atoms with Crippen LogP contribution in [0.15, 0.2) is 72.8 Å². The van der Waals surface area contributed by atoms with Crippen LogP contribution in [0.4, 0.5) is 0 Å². The van der Waals surface area contributed by atoms with Crippen LogP contribution in [0.3, 0.4) is 0 Å². The van der Waals surface area contributed by atoms with E-state index in [-0.39, 0.29) is 12.1 Å². The first-order valence-corrected chi connectivity index (χ1v) is 11.0. The van der Waals surface area contributed by atoms with E-state index in [0.29, 0.717) is 5.56 Å². The molecular weight excluding hydrogens is 400 g/mol. The maximum Gasteiger partial charge on any atom is 0.337 e. The van der Waals surface area contributed by atoms with E-state index >= 15 is 0 Å². The molecule has 1 fully saturated rings. The maximum absolute atomic E-state index is 11.8. The van der Waals surface area contributed by atoms with Gasteiger partial charge in [-0.3, -0.25) is 0 Å². The Kier molecular flexibility index (Phi) is 6.90. The van der Waals surface area contributed by atoms with Crippen molar-refractivity contribution in [3.8, 4) is 11.5 Å². The van der Waals surface area contributed by atoms with Gasteiger partial charge in [0, 0.05) is 0 Å². The number of hydrogen-bond acceptors (Lipinski definition) is 4. The Morgan fingerprint density at radius 2 is 1.50 bits per heavy atom. The van der Waals surface area contributed by atoms with Crippen molar-refractivity contribution in [1.82, 2.24) is 0 Å². The van der Waals surface area contributed by atoms with Gasteiger partial charge < -0.3 is 14.2 Å². The number of rotatable bonds is 7. The van der Waals surface area contributed by atoms with Crippen LogP contribution in [-0.4, -0.2) is 26.3 Å². The molecule has 4 rings (SSSR count). The van der Waals surface area contributed by atoms with Crippen LogP contribution < -0.4 is 9.47 Å². The van der Waals surface area contributed by atoms with Crippen LogP contribution in [0, 0.1) is 0 Å². The van der Waals surface area contributed by atoms with Crippen LogP contribution in [-0.2, 0) is 4.74 Å². The van der Waals surface area contributed by atoms with Gasteiger partial charge in [0.1, 0.15) is 0 Å². The lowest BCUT2D eigenvalue weighted by atomic mass is 9.95. The number of esters is 1. The molecule has 0 atom stereocenters.